The molecule has 0 spiro atoms. The molecule has 1 atom stereocenters. The summed E-state index contributed by atoms with van der Waals surface area (Å²) in [7, 11) is 0. The van der Waals surface area contributed by atoms with Crippen molar-refractivity contribution in [3.05, 3.63) is 46.7 Å². The van der Waals surface area contributed by atoms with Gasteiger partial charge in [0.1, 0.15) is 5.82 Å². The maximum absolute atomic E-state index is 12.8. The van der Waals surface area contributed by atoms with Crippen LogP contribution < -0.4 is 5.32 Å². The molecule has 1 aromatic carbocycles. The van der Waals surface area contributed by atoms with Crippen LogP contribution in [0.1, 0.15) is 23.4 Å². The van der Waals surface area contributed by atoms with E-state index in [4.69, 9.17) is 0 Å². The van der Waals surface area contributed by atoms with Crippen molar-refractivity contribution < 1.29 is 4.39 Å². The van der Waals surface area contributed by atoms with Gasteiger partial charge in [-0.3, -0.25) is 0 Å². The summed E-state index contributed by atoms with van der Waals surface area (Å²) in [6.45, 7) is 2.94. The summed E-state index contributed by atoms with van der Waals surface area (Å²) < 4.78 is 16.7. The van der Waals surface area contributed by atoms with Crippen molar-refractivity contribution in [1.29, 1.82) is 0 Å². The second-order valence-corrected chi connectivity index (χ2v) is 4.58. The lowest BCUT2D eigenvalue weighted by atomic mass is 10.1. The molecule has 0 amide bonds. The van der Waals surface area contributed by atoms with Crippen LogP contribution in [-0.2, 0) is 6.42 Å². The Hall–Kier alpha value is -1.33. The van der Waals surface area contributed by atoms with Crippen LogP contribution in [0.2, 0.25) is 0 Å². The van der Waals surface area contributed by atoms with Crippen LogP contribution in [0.25, 0.3) is 0 Å². The number of hydrogen-bond donors (Lipinski definition) is 1. The van der Waals surface area contributed by atoms with E-state index in [0.717, 1.165) is 23.4 Å². The summed E-state index contributed by atoms with van der Waals surface area (Å²) in [6, 6.07) is 6.81. The molecule has 3 nitrogen and oxygen atoms in total. The highest BCUT2D eigenvalue weighted by Gasteiger charge is 2.13. The Kier molecular flexibility index (Phi) is 4.17. The number of hydrogen-bond acceptors (Lipinski definition) is 4. The number of halogens is 1. The van der Waals surface area contributed by atoms with E-state index in [1.165, 1.54) is 23.7 Å². The van der Waals surface area contributed by atoms with Crippen LogP contribution >= 0.6 is 11.5 Å². The molecule has 1 aromatic heterocycles. The highest BCUT2D eigenvalue weighted by Crippen LogP contribution is 2.20. The molecule has 2 aromatic rings. The Morgan fingerprint density at radius 1 is 1.35 bits per heavy atom. The van der Waals surface area contributed by atoms with E-state index in [9.17, 15) is 4.39 Å². The van der Waals surface area contributed by atoms with Gasteiger partial charge in [0.15, 0.2) is 0 Å². The molecule has 0 saturated heterocycles. The van der Waals surface area contributed by atoms with Crippen LogP contribution in [0, 0.1) is 5.82 Å². The van der Waals surface area contributed by atoms with E-state index >= 15 is 0 Å². The van der Waals surface area contributed by atoms with Gasteiger partial charge in [0.05, 0.1) is 11.1 Å². The molecule has 0 fully saturated rings. The van der Waals surface area contributed by atoms with Crippen LogP contribution in [-0.4, -0.2) is 16.1 Å². The van der Waals surface area contributed by atoms with Gasteiger partial charge in [-0.15, -0.1) is 5.10 Å². The second-order valence-electron chi connectivity index (χ2n) is 3.76. The number of likely N-dealkylation sites (N-methyl/N-ethyl adjacent to an activating group) is 1. The van der Waals surface area contributed by atoms with Crippen molar-refractivity contribution in [1.82, 2.24) is 14.9 Å². The fraction of sp³-hybridized carbons (Fsp3) is 0.333. The molecule has 0 bridgehead atoms. The highest BCUT2D eigenvalue weighted by molar-refractivity contribution is 7.05. The van der Waals surface area contributed by atoms with Gasteiger partial charge in [0.2, 0.25) is 0 Å². The zero-order chi connectivity index (χ0) is 12.1. The van der Waals surface area contributed by atoms with Gasteiger partial charge < -0.3 is 5.32 Å². The molecule has 1 N–H and O–H groups in total. The SMILES string of the molecule is CCNC(Cc1ccc(F)cc1)c1cnns1. The first-order chi connectivity index (χ1) is 8.29. The normalized spacial score (nSPS) is 12.6. The maximum atomic E-state index is 12.8. The largest absolute Gasteiger partial charge is 0.309 e. The number of nitrogens with zero attached hydrogens (tertiary/aromatic N) is 2. The Morgan fingerprint density at radius 2 is 2.12 bits per heavy atom. The van der Waals surface area contributed by atoms with E-state index in [1.807, 2.05) is 12.1 Å². The average Bonchev–Trinajstić information content (AvgIpc) is 2.85. The first kappa shape index (κ1) is 12.1. The highest BCUT2D eigenvalue weighted by atomic mass is 32.1. The quantitative estimate of drug-likeness (QED) is 0.887. The third-order valence-corrected chi connectivity index (χ3v) is 3.30. The topological polar surface area (TPSA) is 37.8 Å². The molecule has 1 unspecified atom stereocenters. The summed E-state index contributed by atoms with van der Waals surface area (Å²) >= 11 is 1.40. The molecule has 90 valence electrons. The van der Waals surface area contributed by atoms with E-state index in [1.54, 1.807) is 6.20 Å². The molecule has 2 rings (SSSR count). The lowest BCUT2D eigenvalue weighted by molar-refractivity contribution is 0.556. The Bertz CT molecular complexity index is 441. The lowest BCUT2D eigenvalue weighted by Gasteiger charge is -2.15. The predicted molar refractivity (Wildman–Crippen MR) is 66.4 cm³/mol. The molecule has 0 aliphatic carbocycles. The van der Waals surface area contributed by atoms with Crippen molar-refractivity contribution in [2.45, 2.75) is 19.4 Å². The van der Waals surface area contributed by atoms with E-state index < -0.39 is 0 Å². The van der Waals surface area contributed by atoms with Crippen molar-refractivity contribution in [2.24, 2.45) is 0 Å². The summed E-state index contributed by atoms with van der Waals surface area (Å²) in [5.74, 6) is -0.201. The van der Waals surface area contributed by atoms with E-state index in [2.05, 4.69) is 21.8 Å². The molecule has 17 heavy (non-hydrogen) atoms. The van der Waals surface area contributed by atoms with Gasteiger partial charge in [-0.25, -0.2) is 4.39 Å². The minimum Gasteiger partial charge on any atom is -0.309 e. The zero-order valence-electron chi connectivity index (χ0n) is 9.56. The number of aromatic nitrogens is 2. The monoisotopic (exact) mass is 251 g/mol. The van der Waals surface area contributed by atoms with Crippen LogP contribution in [0.5, 0.6) is 0 Å². The first-order valence-electron chi connectivity index (χ1n) is 5.54. The predicted octanol–water partition coefficient (Wildman–Crippen LogP) is 2.57. The third-order valence-electron chi connectivity index (χ3n) is 2.53. The van der Waals surface area contributed by atoms with Crippen molar-refractivity contribution in [3.8, 4) is 0 Å². The summed E-state index contributed by atoms with van der Waals surface area (Å²) in [5, 5.41) is 7.23. The number of benzene rings is 1. The fourth-order valence-electron chi connectivity index (χ4n) is 1.70. The first-order valence-corrected chi connectivity index (χ1v) is 6.32. The minimum atomic E-state index is -0.201. The summed E-state index contributed by atoms with van der Waals surface area (Å²) in [5.41, 5.74) is 1.10. The molecule has 0 aliphatic heterocycles. The average molecular weight is 251 g/mol. The van der Waals surface area contributed by atoms with Gasteiger partial charge in [0, 0.05) is 6.04 Å². The Balaban J connectivity index is 2.10. The molecule has 5 heteroatoms. The molecular formula is C12H14FN3S. The van der Waals surface area contributed by atoms with Crippen molar-refractivity contribution in [3.63, 3.8) is 0 Å². The smallest absolute Gasteiger partial charge is 0.123 e. The lowest BCUT2D eigenvalue weighted by Crippen LogP contribution is -2.22. The number of rotatable bonds is 5. The standard InChI is InChI=1S/C12H14FN3S/c1-2-14-11(12-8-15-16-17-12)7-9-3-5-10(13)6-4-9/h3-6,8,11,14H,2,7H2,1H3. The molecule has 0 saturated carbocycles. The van der Waals surface area contributed by atoms with Crippen LogP contribution in [0.15, 0.2) is 30.5 Å². The summed E-state index contributed by atoms with van der Waals surface area (Å²) in [4.78, 5) is 1.11. The van der Waals surface area contributed by atoms with Crippen LogP contribution in [0.3, 0.4) is 0 Å². The Labute approximate surface area is 104 Å². The van der Waals surface area contributed by atoms with Gasteiger partial charge >= 0.3 is 0 Å². The third kappa shape index (κ3) is 3.31. The van der Waals surface area contributed by atoms with Gasteiger partial charge in [-0.2, -0.15) is 0 Å². The van der Waals surface area contributed by atoms with Gasteiger partial charge in [-0.05, 0) is 42.2 Å². The van der Waals surface area contributed by atoms with Gasteiger partial charge in [-0.1, -0.05) is 23.5 Å². The molecule has 0 radical (unpaired) electrons. The summed E-state index contributed by atoms with van der Waals surface area (Å²) in [6.07, 6.45) is 2.60. The maximum Gasteiger partial charge on any atom is 0.123 e. The van der Waals surface area contributed by atoms with Crippen LogP contribution in [0.4, 0.5) is 4.39 Å². The number of nitrogens with one attached hydrogen (secondary N) is 1. The zero-order valence-corrected chi connectivity index (χ0v) is 10.4. The fourth-order valence-corrected chi connectivity index (χ4v) is 2.28. The Morgan fingerprint density at radius 3 is 2.71 bits per heavy atom. The van der Waals surface area contributed by atoms with E-state index in [0.29, 0.717) is 0 Å². The molecule has 1 heterocycles. The second kappa shape index (κ2) is 5.84. The molecule has 0 aliphatic rings. The van der Waals surface area contributed by atoms with Crippen molar-refractivity contribution >= 4 is 11.5 Å². The van der Waals surface area contributed by atoms with Gasteiger partial charge in [0.25, 0.3) is 0 Å². The van der Waals surface area contributed by atoms with E-state index in [-0.39, 0.29) is 11.9 Å². The van der Waals surface area contributed by atoms with Crippen molar-refractivity contribution in [2.75, 3.05) is 6.54 Å². The minimum absolute atomic E-state index is 0.200. The molecular weight excluding hydrogens is 237 g/mol.